The van der Waals surface area contributed by atoms with Crippen molar-refractivity contribution in [2.45, 2.75) is 26.7 Å². The number of aromatic nitrogens is 1. The molecule has 0 unspecified atom stereocenters. The van der Waals surface area contributed by atoms with Gasteiger partial charge < -0.3 is 15.0 Å². The second-order valence-electron chi connectivity index (χ2n) is 5.85. The number of pyridine rings is 1. The Balaban J connectivity index is 2.05. The number of hydrogen-bond acceptors (Lipinski definition) is 4. The number of benzene rings is 1. The van der Waals surface area contributed by atoms with Crippen LogP contribution in [-0.4, -0.2) is 17.5 Å². The first kappa shape index (κ1) is 19.0. The van der Waals surface area contributed by atoms with Crippen LogP contribution in [-0.2, 0) is 11.2 Å². The largest absolute Gasteiger partial charge is 0.489 e. The Bertz CT molecular complexity index is 923. The van der Waals surface area contributed by atoms with Crippen molar-refractivity contribution >= 4 is 11.6 Å². The van der Waals surface area contributed by atoms with Gasteiger partial charge in [-0.15, -0.1) is 0 Å². The number of aryl methyl sites for hydroxylation is 1. The second kappa shape index (κ2) is 8.67. The molecule has 0 aliphatic carbocycles. The zero-order valence-corrected chi connectivity index (χ0v) is 14.9. The van der Waals surface area contributed by atoms with Gasteiger partial charge in [0.15, 0.2) is 0 Å². The van der Waals surface area contributed by atoms with Gasteiger partial charge in [0.2, 0.25) is 5.91 Å². The van der Waals surface area contributed by atoms with Crippen LogP contribution < -0.4 is 15.6 Å². The van der Waals surface area contributed by atoms with E-state index in [4.69, 9.17) is 10.00 Å². The lowest BCUT2D eigenvalue weighted by Crippen LogP contribution is -2.18. The fourth-order valence-electron chi connectivity index (χ4n) is 2.70. The lowest BCUT2D eigenvalue weighted by atomic mass is 9.99. The third-order valence-electron chi connectivity index (χ3n) is 4.01. The molecular formula is C20H21N3O3. The van der Waals surface area contributed by atoms with Crippen LogP contribution >= 0.6 is 0 Å². The molecule has 0 bridgehead atoms. The Hall–Kier alpha value is -3.33. The number of carbonyl (C=O) groups excluding carboxylic acids is 1. The maximum atomic E-state index is 12.3. The van der Waals surface area contributed by atoms with Crippen molar-refractivity contribution in [3.63, 3.8) is 0 Å². The summed E-state index contributed by atoms with van der Waals surface area (Å²) in [6.07, 6.45) is 2.31. The van der Waals surface area contributed by atoms with Crippen molar-refractivity contribution in [3.05, 3.63) is 69.7 Å². The molecule has 0 radical (unpaired) electrons. The van der Waals surface area contributed by atoms with E-state index in [0.717, 1.165) is 5.56 Å². The molecule has 2 rings (SSSR count). The molecule has 2 aromatic rings. The Labute approximate surface area is 152 Å². The van der Waals surface area contributed by atoms with Gasteiger partial charge in [0.25, 0.3) is 5.56 Å². The number of nitrogens with zero attached hydrogens (tertiary/aromatic N) is 1. The molecule has 1 heterocycles. The van der Waals surface area contributed by atoms with E-state index >= 15 is 0 Å². The summed E-state index contributed by atoms with van der Waals surface area (Å²) >= 11 is 0. The van der Waals surface area contributed by atoms with Crippen molar-refractivity contribution in [1.82, 2.24) is 4.98 Å². The average molecular weight is 351 g/mol. The molecule has 0 atom stereocenters. The van der Waals surface area contributed by atoms with Crippen LogP contribution in [0.3, 0.4) is 0 Å². The first-order valence-electron chi connectivity index (χ1n) is 8.22. The Morgan fingerprint density at radius 3 is 2.88 bits per heavy atom. The number of nitriles is 1. The minimum Gasteiger partial charge on any atom is -0.489 e. The Morgan fingerprint density at radius 1 is 1.42 bits per heavy atom. The van der Waals surface area contributed by atoms with Gasteiger partial charge in [0, 0.05) is 23.9 Å². The van der Waals surface area contributed by atoms with Gasteiger partial charge in [-0.2, -0.15) is 5.26 Å². The van der Waals surface area contributed by atoms with E-state index in [-0.39, 0.29) is 17.9 Å². The molecule has 0 fully saturated rings. The molecule has 6 heteroatoms. The molecule has 0 aliphatic heterocycles. The SMILES string of the molecule is C=CCOc1cccc(NC(=O)CCc2c(C)[nH]c(=O)c(C#N)c2C)c1. The van der Waals surface area contributed by atoms with Crippen LogP contribution in [0.4, 0.5) is 5.69 Å². The van der Waals surface area contributed by atoms with E-state index in [1.807, 2.05) is 6.07 Å². The molecule has 2 N–H and O–H groups in total. The van der Waals surface area contributed by atoms with Crippen molar-refractivity contribution in [1.29, 1.82) is 5.26 Å². The van der Waals surface area contributed by atoms with Crippen molar-refractivity contribution in [2.24, 2.45) is 0 Å². The second-order valence-corrected chi connectivity index (χ2v) is 5.85. The number of carbonyl (C=O) groups is 1. The highest BCUT2D eigenvalue weighted by Crippen LogP contribution is 2.19. The summed E-state index contributed by atoms with van der Waals surface area (Å²) in [6.45, 7) is 7.48. The van der Waals surface area contributed by atoms with Gasteiger partial charge in [0.1, 0.15) is 24.0 Å². The van der Waals surface area contributed by atoms with Crippen LogP contribution in [0.5, 0.6) is 5.75 Å². The first-order chi connectivity index (χ1) is 12.5. The lowest BCUT2D eigenvalue weighted by Gasteiger charge is -2.11. The highest BCUT2D eigenvalue weighted by atomic mass is 16.5. The highest BCUT2D eigenvalue weighted by molar-refractivity contribution is 5.91. The molecule has 26 heavy (non-hydrogen) atoms. The summed E-state index contributed by atoms with van der Waals surface area (Å²) in [5.41, 5.74) is 2.47. The molecule has 1 aromatic carbocycles. The predicted octanol–water partition coefficient (Wildman–Crippen LogP) is 3.00. The molecule has 0 saturated heterocycles. The smallest absolute Gasteiger partial charge is 0.266 e. The molecule has 6 nitrogen and oxygen atoms in total. The average Bonchev–Trinajstić information content (AvgIpc) is 2.60. The third kappa shape index (κ3) is 4.61. The zero-order chi connectivity index (χ0) is 19.1. The number of H-pyrrole nitrogens is 1. The van der Waals surface area contributed by atoms with Crippen LogP contribution in [0.25, 0.3) is 0 Å². The van der Waals surface area contributed by atoms with Gasteiger partial charge in [-0.3, -0.25) is 9.59 Å². The summed E-state index contributed by atoms with van der Waals surface area (Å²) in [6, 6.07) is 9.04. The molecule has 0 aliphatic rings. The number of nitrogens with one attached hydrogen (secondary N) is 2. The maximum Gasteiger partial charge on any atom is 0.266 e. The number of rotatable bonds is 7. The fourth-order valence-corrected chi connectivity index (χ4v) is 2.70. The van der Waals surface area contributed by atoms with E-state index in [1.54, 1.807) is 44.2 Å². The monoisotopic (exact) mass is 351 g/mol. The van der Waals surface area contributed by atoms with E-state index in [2.05, 4.69) is 16.9 Å². The molecule has 0 saturated carbocycles. The van der Waals surface area contributed by atoms with E-state index in [1.165, 1.54) is 0 Å². The number of aromatic amines is 1. The molecular weight excluding hydrogens is 330 g/mol. The van der Waals surface area contributed by atoms with Crippen LogP contribution in [0.1, 0.15) is 28.8 Å². The van der Waals surface area contributed by atoms with Gasteiger partial charge in [-0.1, -0.05) is 18.7 Å². The van der Waals surface area contributed by atoms with Gasteiger partial charge in [-0.25, -0.2) is 0 Å². The van der Waals surface area contributed by atoms with Crippen molar-refractivity contribution in [2.75, 3.05) is 11.9 Å². The van der Waals surface area contributed by atoms with E-state index < -0.39 is 5.56 Å². The van der Waals surface area contributed by atoms with E-state index in [9.17, 15) is 9.59 Å². The number of anilines is 1. The van der Waals surface area contributed by atoms with Crippen LogP contribution in [0, 0.1) is 25.2 Å². The van der Waals surface area contributed by atoms with E-state index in [0.29, 0.717) is 35.7 Å². The molecule has 1 amide bonds. The lowest BCUT2D eigenvalue weighted by molar-refractivity contribution is -0.116. The summed E-state index contributed by atoms with van der Waals surface area (Å²) in [5, 5.41) is 11.9. The highest BCUT2D eigenvalue weighted by Gasteiger charge is 2.13. The Morgan fingerprint density at radius 2 is 2.19 bits per heavy atom. The summed E-state index contributed by atoms with van der Waals surface area (Å²) in [4.78, 5) is 26.7. The van der Waals surface area contributed by atoms with Crippen molar-refractivity contribution < 1.29 is 9.53 Å². The first-order valence-corrected chi connectivity index (χ1v) is 8.22. The van der Waals surface area contributed by atoms with Gasteiger partial charge in [-0.05, 0) is 43.5 Å². The summed E-state index contributed by atoms with van der Waals surface area (Å²) in [7, 11) is 0. The number of hydrogen-bond donors (Lipinski definition) is 2. The minimum atomic E-state index is -0.396. The normalized spacial score (nSPS) is 10.0. The predicted molar refractivity (Wildman–Crippen MR) is 100 cm³/mol. The minimum absolute atomic E-state index is 0.0954. The fraction of sp³-hybridized carbons (Fsp3) is 0.250. The maximum absolute atomic E-state index is 12.3. The van der Waals surface area contributed by atoms with Gasteiger partial charge in [0.05, 0.1) is 0 Å². The Kier molecular flexibility index (Phi) is 6.34. The van der Waals surface area contributed by atoms with Crippen LogP contribution in [0.2, 0.25) is 0 Å². The third-order valence-corrected chi connectivity index (χ3v) is 4.01. The number of ether oxygens (including phenoxy) is 1. The summed E-state index contributed by atoms with van der Waals surface area (Å²) in [5.74, 6) is 0.489. The van der Waals surface area contributed by atoms with Gasteiger partial charge >= 0.3 is 0 Å². The quantitative estimate of drug-likeness (QED) is 0.750. The zero-order valence-electron chi connectivity index (χ0n) is 14.9. The molecule has 0 spiro atoms. The topological polar surface area (TPSA) is 95.0 Å². The molecule has 1 aromatic heterocycles. The summed E-state index contributed by atoms with van der Waals surface area (Å²) < 4.78 is 5.44. The van der Waals surface area contributed by atoms with Crippen LogP contribution in [0.15, 0.2) is 41.7 Å². The van der Waals surface area contributed by atoms with Crippen molar-refractivity contribution in [3.8, 4) is 11.8 Å². The standard InChI is InChI=1S/C20H21N3O3/c1-4-10-26-16-7-5-6-15(11-16)23-19(24)9-8-17-13(2)18(12-21)20(25)22-14(17)3/h4-7,11H,1,8-10H2,2-3H3,(H,22,25)(H,23,24). The number of amides is 1. The molecule has 134 valence electrons.